The lowest BCUT2D eigenvalue weighted by atomic mass is 10.3. The molecule has 1 aliphatic rings. The average Bonchev–Trinajstić information content (AvgIpc) is 2.95. The summed E-state index contributed by atoms with van der Waals surface area (Å²) in [6, 6.07) is 1.98. The van der Waals surface area contributed by atoms with E-state index in [9.17, 15) is 4.79 Å². The number of nitrogens with two attached hydrogens (primary N) is 1. The van der Waals surface area contributed by atoms with Gasteiger partial charge in [0.1, 0.15) is 0 Å². The molecular formula is C12H18N2OS2. The van der Waals surface area contributed by atoms with Gasteiger partial charge in [0.05, 0.1) is 4.88 Å². The van der Waals surface area contributed by atoms with Crippen molar-refractivity contribution in [2.24, 2.45) is 5.84 Å². The standard InChI is InChI=1S/C12H18N2OS2/c1-8-9(6-11(17-8)12(15)14-13)7-16-10-4-2-3-5-10/h6,10H,2-5,7,13H2,1H3,(H,14,15). The molecule has 3 N–H and O–H groups in total. The molecule has 1 saturated carbocycles. The highest BCUT2D eigenvalue weighted by atomic mass is 32.2. The van der Waals surface area contributed by atoms with Crippen LogP contribution in [0.4, 0.5) is 0 Å². The van der Waals surface area contributed by atoms with Crippen LogP contribution >= 0.6 is 23.1 Å². The fourth-order valence-electron chi connectivity index (χ4n) is 2.11. The molecule has 94 valence electrons. The fraction of sp³-hybridized carbons (Fsp3) is 0.583. The van der Waals surface area contributed by atoms with Crippen LogP contribution in [0, 0.1) is 6.92 Å². The van der Waals surface area contributed by atoms with Crippen LogP contribution in [0.3, 0.4) is 0 Å². The molecule has 0 aliphatic heterocycles. The number of rotatable bonds is 4. The smallest absolute Gasteiger partial charge is 0.275 e. The Balaban J connectivity index is 1.95. The number of carbonyl (C=O) groups is 1. The summed E-state index contributed by atoms with van der Waals surface area (Å²) < 4.78 is 0. The number of thiophene rings is 1. The number of hydrazine groups is 1. The molecule has 0 unspecified atom stereocenters. The Kier molecular flexibility index (Phi) is 4.48. The third-order valence-corrected chi connectivity index (χ3v) is 5.66. The highest BCUT2D eigenvalue weighted by molar-refractivity contribution is 7.99. The molecule has 0 radical (unpaired) electrons. The van der Waals surface area contributed by atoms with Crippen molar-refractivity contribution in [2.45, 2.75) is 43.6 Å². The topological polar surface area (TPSA) is 55.1 Å². The lowest BCUT2D eigenvalue weighted by Gasteiger charge is -2.07. The summed E-state index contributed by atoms with van der Waals surface area (Å²) >= 11 is 3.55. The zero-order valence-corrected chi connectivity index (χ0v) is 11.6. The minimum absolute atomic E-state index is 0.185. The number of hydrogen-bond donors (Lipinski definition) is 2. The molecule has 1 heterocycles. The highest BCUT2D eigenvalue weighted by Gasteiger charge is 2.17. The summed E-state index contributed by atoms with van der Waals surface area (Å²) in [7, 11) is 0. The SMILES string of the molecule is Cc1sc(C(=O)NN)cc1CSC1CCCC1. The maximum absolute atomic E-state index is 11.4. The first-order chi connectivity index (χ1) is 8.20. The number of nitrogen functional groups attached to an aromatic ring is 1. The quantitative estimate of drug-likeness (QED) is 0.502. The van der Waals surface area contributed by atoms with E-state index in [-0.39, 0.29) is 5.91 Å². The molecule has 1 aromatic rings. The van der Waals surface area contributed by atoms with Gasteiger partial charge in [-0.25, -0.2) is 5.84 Å². The third-order valence-electron chi connectivity index (χ3n) is 3.15. The molecule has 3 nitrogen and oxygen atoms in total. The Labute approximate surface area is 110 Å². The molecule has 0 spiro atoms. The van der Waals surface area contributed by atoms with Gasteiger partial charge in [-0.3, -0.25) is 10.2 Å². The largest absolute Gasteiger partial charge is 0.289 e. The van der Waals surface area contributed by atoms with E-state index in [1.54, 1.807) is 0 Å². The molecule has 1 aromatic heterocycles. The van der Waals surface area contributed by atoms with Gasteiger partial charge in [0.25, 0.3) is 5.91 Å². The lowest BCUT2D eigenvalue weighted by molar-refractivity contribution is 0.0957. The van der Waals surface area contributed by atoms with Crippen LogP contribution in [0.15, 0.2) is 6.07 Å². The Hall–Kier alpha value is -0.520. The zero-order valence-electron chi connectivity index (χ0n) is 9.99. The van der Waals surface area contributed by atoms with Crippen molar-refractivity contribution >= 4 is 29.0 Å². The van der Waals surface area contributed by atoms with E-state index >= 15 is 0 Å². The van der Waals surface area contributed by atoms with E-state index in [4.69, 9.17) is 5.84 Å². The van der Waals surface area contributed by atoms with Gasteiger partial charge < -0.3 is 0 Å². The molecule has 5 heteroatoms. The van der Waals surface area contributed by atoms with E-state index in [2.05, 4.69) is 12.3 Å². The Bertz CT molecular complexity index is 397. The van der Waals surface area contributed by atoms with E-state index in [1.165, 1.54) is 47.5 Å². The number of carbonyl (C=O) groups excluding carboxylic acids is 1. The van der Waals surface area contributed by atoms with Crippen molar-refractivity contribution in [3.63, 3.8) is 0 Å². The van der Waals surface area contributed by atoms with Crippen LogP contribution in [0.1, 0.15) is 45.8 Å². The van der Waals surface area contributed by atoms with Crippen LogP contribution in [-0.2, 0) is 5.75 Å². The number of aryl methyl sites for hydroxylation is 1. The van der Waals surface area contributed by atoms with Gasteiger partial charge in [-0.2, -0.15) is 11.8 Å². The number of nitrogens with one attached hydrogen (secondary N) is 1. The van der Waals surface area contributed by atoms with E-state index in [0.717, 1.165) is 11.0 Å². The average molecular weight is 270 g/mol. The van der Waals surface area contributed by atoms with Gasteiger partial charge in [0.15, 0.2) is 0 Å². The molecule has 1 aliphatic carbocycles. The lowest BCUT2D eigenvalue weighted by Crippen LogP contribution is -2.29. The predicted octanol–water partition coefficient (Wildman–Crippen LogP) is 2.84. The normalized spacial score (nSPS) is 16.4. The predicted molar refractivity (Wildman–Crippen MR) is 74.3 cm³/mol. The van der Waals surface area contributed by atoms with Crippen molar-refractivity contribution in [1.82, 2.24) is 5.43 Å². The monoisotopic (exact) mass is 270 g/mol. The first kappa shape index (κ1) is 12.9. The van der Waals surface area contributed by atoms with Crippen molar-refractivity contribution in [2.75, 3.05) is 0 Å². The van der Waals surface area contributed by atoms with E-state index in [1.807, 2.05) is 17.8 Å². The molecule has 0 aromatic carbocycles. The molecule has 1 fully saturated rings. The second kappa shape index (κ2) is 5.89. The van der Waals surface area contributed by atoms with Gasteiger partial charge in [-0.15, -0.1) is 11.3 Å². The first-order valence-corrected chi connectivity index (χ1v) is 7.79. The molecule has 0 atom stereocenters. The third kappa shape index (κ3) is 3.24. The summed E-state index contributed by atoms with van der Waals surface area (Å²) in [4.78, 5) is 13.4. The van der Waals surface area contributed by atoms with E-state index < -0.39 is 0 Å². The second-order valence-corrected chi connectivity index (χ2v) is 6.93. The number of thioether (sulfide) groups is 1. The summed E-state index contributed by atoms with van der Waals surface area (Å²) in [6.45, 7) is 2.07. The molecule has 17 heavy (non-hydrogen) atoms. The number of hydrogen-bond acceptors (Lipinski definition) is 4. The summed E-state index contributed by atoms with van der Waals surface area (Å²) in [5.74, 6) is 5.97. The Morgan fingerprint density at radius 2 is 2.29 bits per heavy atom. The molecule has 2 rings (SSSR count). The summed E-state index contributed by atoms with van der Waals surface area (Å²) in [6.07, 6.45) is 5.45. The van der Waals surface area contributed by atoms with Gasteiger partial charge in [0.2, 0.25) is 0 Å². The van der Waals surface area contributed by atoms with Crippen molar-refractivity contribution in [3.05, 3.63) is 21.4 Å². The van der Waals surface area contributed by atoms with Crippen LogP contribution in [0.25, 0.3) is 0 Å². The minimum Gasteiger partial charge on any atom is -0.289 e. The zero-order chi connectivity index (χ0) is 12.3. The van der Waals surface area contributed by atoms with Crippen molar-refractivity contribution in [1.29, 1.82) is 0 Å². The molecule has 0 bridgehead atoms. The van der Waals surface area contributed by atoms with Gasteiger partial charge in [-0.1, -0.05) is 12.8 Å². The second-order valence-electron chi connectivity index (χ2n) is 4.38. The maximum Gasteiger partial charge on any atom is 0.275 e. The Morgan fingerprint density at radius 3 is 2.94 bits per heavy atom. The fourth-order valence-corrected chi connectivity index (χ4v) is 4.53. The van der Waals surface area contributed by atoms with Crippen molar-refractivity contribution in [3.8, 4) is 0 Å². The molecule has 0 saturated heterocycles. The highest BCUT2D eigenvalue weighted by Crippen LogP contribution is 2.33. The van der Waals surface area contributed by atoms with Gasteiger partial charge >= 0.3 is 0 Å². The van der Waals surface area contributed by atoms with Gasteiger partial charge in [-0.05, 0) is 31.4 Å². The molecule has 1 amide bonds. The minimum atomic E-state index is -0.185. The van der Waals surface area contributed by atoms with Crippen molar-refractivity contribution < 1.29 is 4.79 Å². The van der Waals surface area contributed by atoms with Crippen LogP contribution < -0.4 is 11.3 Å². The Morgan fingerprint density at radius 1 is 1.59 bits per heavy atom. The van der Waals surface area contributed by atoms with Gasteiger partial charge in [0, 0.05) is 15.9 Å². The maximum atomic E-state index is 11.4. The molecular weight excluding hydrogens is 252 g/mol. The van der Waals surface area contributed by atoms with E-state index in [0.29, 0.717) is 4.88 Å². The van der Waals surface area contributed by atoms with Crippen LogP contribution in [0.5, 0.6) is 0 Å². The first-order valence-electron chi connectivity index (χ1n) is 5.92. The number of amides is 1. The summed E-state index contributed by atoms with van der Waals surface area (Å²) in [5.41, 5.74) is 3.47. The summed E-state index contributed by atoms with van der Waals surface area (Å²) in [5, 5.41) is 0.820. The van der Waals surface area contributed by atoms with Crippen LogP contribution in [0.2, 0.25) is 0 Å². The van der Waals surface area contributed by atoms with Crippen LogP contribution in [-0.4, -0.2) is 11.2 Å².